The van der Waals surface area contributed by atoms with Crippen LogP contribution in [-0.2, 0) is 10.2 Å². The molecule has 1 aromatic rings. The SMILES string of the molecule is CCCC(N)CNC(=O)C(C)(C)c1ccccc1. The third-order valence-corrected chi connectivity index (χ3v) is 3.25. The summed E-state index contributed by atoms with van der Waals surface area (Å²) in [4.78, 5) is 12.2. The Hall–Kier alpha value is -1.35. The van der Waals surface area contributed by atoms with Crippen molar-refractivity contribution >= 4 is 5.91 Å². The Kier molecular flexibility index (Phi) is 5.35. The summed E-state index contributed by atoms with van der Waals surface area (Å²) in [6.07, 6.45) is 1.98. The second kappa shape index (κ2) is 6.55. The van der Waals surface area contributed by atoms with Crippen molar-refractivity contribution in [2.24, 2.45) is 5.73 Å². The van der Waals surface area contributed by atoms with Crippen molar-refractivity contribution in [3.05, 3.63) is 35.9 Å². The van der Waals surface area contributed by atoms with Gasteiger partial charge in [0.25, 0.3) is 0 Å². The predicted molar refractivity (Wildman–Crippen MR) is 75.4 cm³/mol. The van der Waals surface area contributed by atoms with Crippen LogP contribution in [0.2, 0.25) is 0 Å². The van der Waals surface area contributed by atoms with Gasteiger partial charge in [-0.05, 0) is 25.8 Å². The monoisotopic (exact) mass is 248 g/mol. The molecule has 0 fully saturated rings. The molecule has 0 aliphatic rings. The maximum absolute atomic E-state index is 12.2. The van der Waals surface area contributed by atoms with Crippen molar-refractivity contribution < 1.29 is 4.79 Å². The van der Waals surface area contributed by atoms with Gasteiger partial charge in [0.2, 0.25) is 5.91 Å². The van der Waals surface area contributed by atoms with Gasteiger partial charge in [0.1, 0.15) is 0 Å². The highest BCUT2D eigenvalue weighted by Crippen LogP contribution is 2.22. The molecular weight excluding hydrogens is 224 g/mol. The molecule has 0 radical (unpaired) electrons. The van der Waals surface area contributed by atoms with Gasteiger partial charge in [-0.2, -0.15) is 0 Å². The van der Waals surface area contributed by atoms with E-state index in [0.717, 1.165) is 18.4 Å². The Morgan fingerprint density at radius 1 is 1.33 bits per heavy atom. The van der Waals surface area contributed by atoms with Gasteiger partial charge in [0.05, 0.1) is 5.41 Å². The third kappa shape index (κ3) is 3.84. The first-order valence-electron chi connectivity index (χ1n) is 6.58. The van der Waals surface area contributed by atoms with E-state index in [9.17, 15) is 4.79 Å². The second-order valence-electron chi connectivity index (χ2n) is 5.25. The van der Waals surface area contributed by atoms with Gasteiger partial charge in [-0.1, -0.05) is 43.7 Å². The summed E-state index contributed by atoms with van der Waals surface area (Å²) in [6.45, 7) is 6.50. The van der Waals surface area contributed by atoms with Crippen LogP contribution in [0.5, 0.6) is 0 Å². The molecular formula is C15H24N2O. The molecule has 3 heteroatoms. The van der Waals surface area contributed by atoms with Gasteiger partial charge in [-0.15, -0.1) is 0 Å². The van der Waals surface area contributed by atoms with E-state index in [1.165, 1.54) is 0 Å². The first-order valence-corrected chi connectivity index (χ1v) is 6.58. The molecule has 0 aromatic heterocycles. The number of benzene rings is 1. The molecule has 1 rings (SSSR count). The Balaban J connectivity index is 2.60. The third-order valence-electron chi connectivity index (χ3n) is 3.25. The van der Waals surface area contributed by atoms with Crippen LogP contribution in [-0.4, -0.2) is 18.5 Å². The topological polar surface area (TPSA) is 55.1 Å². The lowest BCUT2D eigenvalue weighted by molar-refractivity contribution is -0.125. The number of carbonyl (C=O) groups excluding carboxylic acids is 1. The van der Waals surface area contributed by atoms with E-state index < -0.39 is 5.41 Å². The lowest BCUT2D eigenvalue weighted by Crippen LogP contribution is -2.45. The van der Waals surface area contributed by atoms with Gasteiger partial charge in [-0.25, -0.2) is 0 Å². The van der Waals surface area contributed by atoms with Crippen molar-refractivity contribution in [3.8, 4) is 0 Å². The lowest BCUT2D eigenvalue weighted by Gasteiger charge is -2.25. The summed E-state index contributed by atoms with van der Waals surface area (Å²) in [5.41, 5.74) is 6.40. The van der Waals surface area contributed by atoms with Crippen molar-refractivity contribution in [2.75, 3.05) is 6.54 Å². The highest BCUT2D eigenvalue weighted by molar-refractivity contribution is 5.87. The number of hydrogen-bond acceptors (Lipinski definition) is 2. The summed E-state index contributed by atoms with van der Waals surface area (Å²) in [5.74, 6) is 0.0280. The predicted octanol–water partition coefficient (Wildman–Crippen LogP) is 2.21. The molecule has 0 spiro atoms. The van der Waals surface area contributed by atoms with Crippen LogP contribution in [0, 0.1) is 0 Å². The van der Waals surface area contributed by atoms with E-state index in [2.05, 4.69) is 12.2 Å². The van der Waals surface area contributed by atoms with Gasteiger partial charge >= 0.3 is 0 Å². The minimum absolute atomic E-state index is 0.0280. The van der Waals surface area contributed by atoms with E-state index in [4.69, 9.17) is 5.73 Å². The highest BCUT2D eigenvalue weighted by atomic mass is 16.2. The van der Waals surface area contributed by atoms with Crippen LogP contribution in [0.3, 0.4) is 0 Å². The molecule has 1 unspecified atom stereocenters. The molecule has 0 bridgehead atoms. The van der Waals surface area contributed by atoms with Crippen LogP contribution < -0.4 is 11.1 Å². The lowest BCUT2D eigenvalue weighted by atomic mass is 9.83. The molecule has 3 N–H and O–H groups in total. The smallest absolute Gasteiger partial charge is 0.230 e. The summed E-state index contributed by atoms with van der Waals surface area (Å²) < 4.78 is 0. The number of carbonyl (C=O) groups is 1. The molecule has 0 saturated carbocycles. The van der Waals surface area contributed by atoms with Crippen molar-refractivity contribution in [1.29, 1.82) is 0 Å². The minimum atomic E-state index is -0.521. The maximum Gasteiger partial charge on any atom is 0.230 e. The van der Waals surface area contributed by atoms with Gasteiger partial charge < -0.3 is 11.1 Å². The van der Waals surface area contributed by atoms with E-state index in [1.807, 2.05) is 44.2 Å². The zero-order chi connectivity index (χ0) is 13.6. The normalized spacial score (nSPS) is 13.1. The summed E-state index contributed by atoms with van der Waals surface area (Å²) in [5, 5.41) is 2.94. The Labute approximate surface area is 110 Å². The van der Waals surface area contributed by atoms with Crippen LogP contribution in [0.4, 0.5) is 0 Å². The Morgan fingerprint density at radius 3 is 2.50 bits per heavy atom. The number of amides is 1. The average molecular weight is 248 g/mol. The van der Waals surface area contributed by atoms with Gasteiger partial charge in [-0.3, -0.25) is 4.79 Å². The Morgan fingerprint density at radius 2 is 1.94 bits per heavy atom. The van der Waals surface area contributed by atoms with Crippen LogP contribution >= 0.6 is 0 Å². The molecule has 0 saturated heterocycles. The number of nitrogens with two attached hydrogens (primary N) is 1. The van der Waals surface area contributed by atoms with E-state index in [1.54, 1.807) is 0 Å². The molecule has 1 atom stereocenters. The molecule has 100 valence electrons. The fourth-order valence-corrected chi connectivity index (χ4v) is 1.90. The average Bonchev–Trinajstić information content (AvgIpc) is 2.37. The summed E-state index contributed by atoms with van der Waals surface area (Å²) >= 11 is 0. The number of hydrogen-bond donors (Lipinski definition) is 2. The van der Waals surface area contributed by atoms with Crippen molar-refractivity contribution in [2.45, 2.75) is 45.1 Å². The zero-order valence-corrected chi connectivity index (χ0v) is 11.6. The number of nitrogens with one attached hydrogen (secondary N) is 1. The Bertz CT molecular complexity index is 373. The standard InChI is InChI=1S/C15H24N2O/c1-4-8-13(16)11-17-14(18)15(2,3)12-9-6-5-7-10-12/h5-7,9-10,13H,4,8,11,16H2,1-3H3,(H,17,18). The quantitative estimate of drug-likeness (QED) is 0.811. The van der Waals surface area contributed by atoms with Crippen LogP contribution in [0.15, 0.2) is 30.3 Å². The number of rotatable bonds is 6. The molecule has 0 aliphatic carbocycles. The molecule has 0 aliphatic heterocycles. The first kappa shape index (κ1) is 14.7. The summed E-state index contributed by atoms with van der Waals surface area (Å²) in [7, 11) is 0. The van der Waals surface area contributed by atoms with E-state index in [0.29, 0.717) is 6.54 Å². The molecule has 0 heterocycles. The van der Waals surface area contributed by atoms with Crippen molar-refractivity contribution in [3.63, 3.8) is 0 Å². The summed E-state index contributed by atoms with van der Waals surface area (Å²) in [6, 6.07) is 9.86. The highest BCUT2D eigenvalue weighted by Gasteiger charge is 2.29. The molecule has 1 amide bonds. The van der Waals surface area contributed by atoms with Crippen LogP contribution in [0.1, 0.15) is 39.2 Å². The maximum atomic E-state index is 12.2. The van der Waals surface area contributed by atoms with Gasteiger partial charge in [0, 0.05) is 12.6 Å². The first-order chi connectivity index (χ1) is 8.48. The molecule has 1 aromatic carbocycles. The second-order valence-corrected chi connectivity index (χ2v) is 5.25. The van der Waals surface area contributed by atoms with E-state index >= 15 is 0 Å². The largest absolute Gasteiger partial charge is 0.354 e. The fourth-order valence-electron chi connectivity index (χ4n) is 1.90. The van der Waals surface area contributed by atoms with Crippen LogP contribution in [0.25, 0.3) is 0 Å². The van der Waals surface area contributed by atoms with E-state index in [-0.39, 0.29) is 11.9 Å². The zero-order valence-electron chi connectivity index (χ0n) is 11.6. The minimum Gasteiger partial charge on any atom is -0.354 e. The fraction of sp³-hybridized carbons (Fsp3) is 0.533. The van der Waals surface area contributed by atoms with Gasteiger partial charge in [0.15, 0.2) is 0 Å². The molecule has 18 heavy (non-hydrogen) atoms. The molecule has 3 nitrogen and oxygen atoms in total. The van der Waals surface area contributed by atoms with Crippen molar-refractivity contribution in [1.82, 2.24) is 5.32 Å².